The van der Waals surface area contributed by atoms with Crippen molar-refractivity contribution in [2.45, 2.75) is 135 Å². The molecule has 11 nitrogen and oxygen atoms in total. The number of hydrogen-bond donors (Lipinski definition) is 0. The van der Waals surface area contributed by atoms with Crippen LogP contribution in [-0.2, 0) is 44.4 Å². The second-order valence-corrected chi connectivity index (χ2v) is 17.7. The third kappa shape index (κ3) is 11.7. The Morgan fingerprint density at radius 1 is 0.803 bits per heavy atom. The summed E-state index contributed by atoms with van der Waals surface area (Å²) in [6.07, 6.45) is -12.6. The molecule has 4 aromatic rings. The van der Waals surface area contributed by atoms with Crippen molar-refractivity contribution in [1.29, 1.82) is 0 Å². The smallest absolute Gasteiger partial charge is 0.426 e. The van der Waals surface area contributed by atoms with Gasteiger partial charge < -0.3 is 23.4 Å². The molecule has 2 aromatic carbocycles. The van der Waals surface area contributed by atoms with Crippen LogP contribution in [-0.4, -0.2) is 50.9 Å². The number of pyridine rings is 1. The van der Waals surface area contributed by atoms with Gasteiger partial charge >= 0.3 is 24.5 Å². The van der Waals surface area contributed by atoms with E-state index in [0.717, 1.165) is 5.56 Å². The molecule has 2 atom stereocenters. The fourth-order valence-electron chi connectivity index (χ4n) is 6.25. The summed E-state index contributed by atoms with van der Waals surface area (Å²) in [6, 6.07) is 15.8. The van der Waals surface area contributed by atoms with Crippen LogP contribution in [0.3, 0.4) is 0 Å². The first kappa shape index (κ1) is 46.6. The van der Waals surface area contributed by atoms with Crippen molar-refractivity contribution >= 4 is 17.9 Å². The van der Waals surface area contributed by atoms with E-state index in [2.05, 4.69) is 15.2 Å². The molecule has 0 N–H and O–H groups in total. The van der Waals surface area contributed by atoms with Gasteiger partial charge in [-0.05, 0) is 82.6 Å². The molecular weight excluding hydrogens is 810 g/mol. The Kier molecular flexibility index (Phi) is 13.4. The molecule has 4 bridgehead atoms. The summed E-state index contributed by atoms with van der Waals surface area (Å²) >= 11 is 0. The number of hydrogen-bond acceptors (Lipinski definition) is 10. The second kappa shape index (κ2) is 17.5. The van der Waals surface area contributed by atoms with E-state index in [1.54, 1.807) is 36.4 Å². The summed E-state index contributed by atoms with van der Waals surface area (Å²) < 4.78 is 121. The lowest BCUT2D eigenvalue weighted by molar-refractivity contribution is -0.299. The van der Waals surface area contributed by atoms with E-state index in [-0.39, 0.29) is 29.6 Å². The number of nitrogens with zero attached hydrogens (tertiary/aromatic N) is 4. The largest absolute Gasteiger partial charge is 0.473 e. The third-order valence-corrected chi connectivity index (χ3v) is 9.19. The van der Waals surface area contributed by atoms with Crippen molar-refractivity contribution in [1.82, 2.24) is 15.2 Å². The van der Waals surface area contributed by atoms with Gasteiger partial charge in [-0.15, -0.1) is 10.2 Å². The van der Waals surface area contributed by atoms with Crippen molar-refractivity contribution in [2.24, 2.45) is 0 Å². The van der Waals surface area contributed by atoms with Crippen LogP contribution in [0.4, 0.5) is 41.6 Å². The fourth-order valence-corrected chi connectivity index (χ4v) is 6.25. The number of carbonyl (C=O) groups excluding carboxylic acids is 2. The first-order valence-electron chi connectivity index (χ1n) is 19.6. The van der Waals surface area contributed by atoms with E-state index >= 15 is 26.3 Å². The SMILES string of the molecule is CC(C)(C)OC(=O)N(C(=O)OC(C)(C)C)c1cc(C(F)(F)F)c2nc1-c1nnc(o1)[C@@](OCc1ccccc1)(C(F)(F)F)CCC=CCC(Cc1cccc(C(C)(C)C)c1)O2. The minimum atomic E-state index is -5.24. The standard InChI is InChI=1S/C44H50F6N4O7/c1-39(2,3)29-20-16-19-28(23-29)24-30-21-14-11-15-22-42(44(48,49)50,57-26-27-17-12-10-13-18-27)36-53-52-35(59-36)33-32(25-31(43(45,46)47)34(51-33)58-30)54(37(55)60-40(4,5)6)38(56)61-41(7,8)9/h10-14,16-20,23,25,30H,15,21-22,24,26H2,1-9H3/t30?,42-/m1/s1. The van der Waals surface area contributed by atoms with Crippen LogP contribution >= 0.6 is 0 Å². The number of fused-ring (bicyclic) bond motifs is 5. The van der Waals surface area contributed by atoms with E-state index < -0.39 is 95.1 Å². The fraction of sp³-hybridized carbons (Fsp3) is 0.477. The molecule has 61 heavy (non-hydrogen) atoms. The zero-order valence-corrected chi connectivity index (χ0v) is 35.5. The summed E-state index contributed by atoms with van der Waals surface area (Å²) in [5.41, 5.74) is -7.43. The Hall–Kier alpha value is -5.45. The average molecular weight is 861 g/mol. The van der Waals surface area contributed by atoms with Gasteiger partial charge in [-0.25, -0.2) is 14.6 Å². The number of benzene rings is 2. The molecule has 0 saturated carbocycles. The molecule has 0 fully saturated rings. The van der Waals surface area contributed by atoms with E-state index in [0.29, 0.717) is 17.2 Å². The maximum absolute atomic E-state index is 15.5. The molecule has 17 heteroatoms. The second-order valence-electron chi connectivity index (χ2n) is 17.7. The van der Waals surface area contributed by atoms with Crippen molar-refractivity contribution in [3.8, 4) is 17.5 Å². The minimum absolute atomic E-state index is 0.0453. The number of halogens is 6. The van der Waals surface area contributed by atoms with Crippen molar-refractivity contribution in [3.05, 3.63) is 101 Å². The molecule has 5 rings (SSSR count). The van der Waals surface area contributed by atoms with Gasteiger partial charge in [-0.3, -0.25) is 0 Å². The van der Waals surface area contributed by atoms with Crippen molar-refractivity contribution in [3.63, 3.8) is 0 Å². The molecule has 2 aromatic heterocycles. The van der Waals surface area contributed by atoms with Gasteiger partial charge in [0, 0.05) is 12.8 Å². The highest BCUT2D eigenvalue weighted by molar-refractivity contribution is 6.11. The molecule has 330 valence electrons. The molecule has 3 heterocycles. The molecule has 0 radical (unpaired) electrons. The quantitative estimate of drug-likeness (QED) is 0.137. The Bertz CT molecular complexity index is 2170. The summed E-state index contributed by atoms with van der Waals surface area (Å²) in [7, 11) is 0. The molecule has 2 amide bonds. The number of rotatable bonds is 6. The number of imide groups is 1. The van der Waals surface area contributed by atoms with Gasteiger partial charge in [0.05, 0.1) is 12.3 Å². The lowest BCUT2D eigenvalue weighted by Crippen LogP contribution is -2.45. The highest BCUT2D eigenvalue weighted by Crippen LogP contribution is 2.48. The molecule has 0 saturated heterocycles. The maximum atomic E-state index is 15.5. The van der Waals surface area contributed by atoms with Crippen LogP contribution in [0, 0.1) is 0 Å². The summed E-state index contributed by atoms with van der Waals surface area (Å²) in [5.74, 6) is -3.05. The monoisotopic (exact) mass is 860 g/mol. The maximum Gasteiger partial charge on any atom is 0.426 e. The lowest BCUT2D eigenvalue weighted by Gasteiger charge is -2.32. The Balaban J connectivity index is 1.80. The van der Waals surface area contributed by atoms with Crippen molar-refractivity contribution < 1.29 is 59.3 Å². The summed E-state index contributed by atoms with van der Waals surface area (Å²) in [6.45, 7) is 14.1. The Morgan fingerprint density at radius 3 is 2.00 bits per heavy atom. The summed E-state index contributed by atoms with van der Waals surface area (Å²) in [5, 5.41) is 7.56. The number of carbonyl (C=O) groups is 2. The normalized spacial score (nSPS) is 17.9. The molecule has 0 spiro atoms. The van der Waals surface area contributed by atoms with E-state index in [1.807, 2.05) is 39.0 Å². The van der Waals surface area contributed by atoms with Crippen LogP contribution in [0.5, 0.6) is 5.88 Å². The summed E-state index contributed by atoms with van der Waals surface area (Å²) in [4.78, 5) is 32.0. The third-order valence-electron chi connectivity index (χ3n) is 9.19. The highest BCUT2D eigenvalue weighted by Gasteiger charge is 2.61. The Morgan fingerprint density at radius 2 is 1.43 bits per heavy atom. The zero-order chi connectivity index (χ0) is 45.2. The lowest BCUT2D eigenvalue weighted by atomic mass is 9.85. The topological polar surface area (TPSA) is 126 Å². The number of anilines is 1. The molecule has 1 aliphatic heterocycles. The van der Waals surface area contributed by atoms with Crippen molar-refractivity contribution in [2.75, 3.05) is 4.90 Å². The van der Waals surface area contributed by atoms with Gasteiger partial charge in [0.2, 0.25) is 11.5 Å². The molecule has 1 unspecified atom stereocenters. The zero-order valence-electron chi connectivity index (χ0n) is 35.5. The van der Waals surface area contributed by atoms with Gasteiger partial charge in [0.15, 0.2) is 5.69 Å². The molecule has 1 aliphatic rings. The predicted octanol–water partition coefficient (Wildman–Crippen LogP) is 11.8. The number of alkyl halides is 6. The average Bonchev–Trinajstić information content (AvgIpc) is 3.61. The van der Waals surface area contributed by atoms with Crippen LogP contribution < -0.4 is 9.64 Å². The van der Waals surface area contributed by atoms with Gasteiger partial charge in [-0.1, -0.05) is 87.5 Å². The molecular formula is C44H50F6N4O7. The van der Waals surface area contributed by atoms with E-state index in [1.165, 1.54) is 53.7 Å². The molecule has 0 aliphatic carbocycles. The van der Waals surface area contributed by atoms with E-state index in [4.69, 9.17) is 23.4 Å². The number of ether oxygens (including phenoxy) is 4. The van der Waals surface area contributed by atoms with E-state index in [9.17, 15) is 9.59 Å². The number of allylic oxidation sites excluding steroid dienone is 1. The van der Waals surface area contributed by atoms with Crippen LogP contribution in [0.25, 0.3) is 11.6 Å². The number of amides is 2. The first-order valence-corrected chi connectivity index (χ1v) is 19.6. The first-order chi connectivity index (χ1) is 28.2. The van der Waals surface area contributed by atoms with Gasteiger partial charge in [-0.2, -0.15) is 31.2 Å². The van der Waals surface area contributed by atoms with Gasteiger partial charge in [0.25, 0.3) is 11.8 Å². The highest BCUT2D eigenvalue weighted by atomic mass is 19.4. The Labute approximate surface area is 350 Å². The minimum Gasteiger partial charge on any atom is -0.473 e. The van der Waals surface area contributed by atoms with Crippen LogP contribution in [0.15, 0.2) is 77.2 Å². The van der Waals surface area contributed by atoms with Gasteiger partial charge in [0.1, 0.15) is 22.9 Å². The van der Waals surface area contributed by atoms with Crippen LogP contribution in [0.2, 0.25) is 0 Å². The predicted molar refractivity (Wildman–Crippen MR) is 213 cm³/mol. The number of aromatic nitrogens is 3. The van der Waals surface area contributed by atoms with Crippen LogP contribution in [0.1, 0.15) is 110 Å².